The van der Waals surface area contributed by atoms with Crippen molar-refractivity contribution in [3.8, 4) is 0 Å². The minimum absolute atomic E-state index is 0.451. The first-order chi connectivity index (χ1) is 9.52. The van der Waals surface area contributed by atoms with E-state index in [2.05, 4.69) is 50.0 Å². The van der Waals surface area contributed by atoms with Gasteiger partial charge in [0.2, 0.25) is 0 Å². The number of likely N-dealkylation sites (N-methyl/N-ethyl adjacent to an activating group) is 2. The molecule has 20 heavy (non-hydrogen) atoms. The van der Waals surface area contributed by atoms with Crippen molar-refractivity contribution in [1.29, 1.82) is 0 Å². The standard InChI is InChI=1S/C15H28N4S/c1-6-16-9-13-14(11(2)3)17-15(20-13)12-10-18(4)7-8-19(12)5/h11-12,16H,6-10H2,1-5H3. The molecule has 1 aliphatic heterocycles. The fraction of sp³-hybridized carbons (Fsp3) is 0.800. The summed E-state index contributed by atoms with van der Waals surface area (Å²) in [6, 6.07) is 0.451. The van der Waals surface area contributed by atoms with E-state index < -0.39 is 0 Å². The molecule has 2 heterocycles. The summed E-state index contributed by atoms with van der Waals surface area (Å²) in [5, 5.41) is 4.73. The van der Waals surface area contributed by atoms with E-state index >= 15 is 0 Å². The van der Waals surface area contributed by atoms with Gasteiger partial charge in [0, 0.05) is 31.1 Å². The van der Waals surface area contributed by atoms with Crippen molar-refractivity contribution >= 4 is 11.3 Å². The molecule has 2 rings (SSSR count). The summed E-state index contributed by atoms with van der Waals surface area (Å²) in [4.78, 5) is 11.2. The van der Waals surface area contributed by atoms with Crippen LogP contribution in [-0.4, -0.2) is 55.1 Å². The van der Waals surface area contributed by atoms with E-state index in [4.69, 9.17) is 4.98 Å². The van der Waals surface area contributed by atoms with Gasteiger partial charge >= 0.3 is 0 Å². The van der Waals surface area contributed by atoms with Gasteiger partial charge in [-0.05, 0) is 26.6 Å². The van der Waals surface area contributed by atoms with Gasteiger partial charge in [0.05, 0.1) is 11.7 Å². The van der Waals surface area contributed by atoms with E-state index in [9.17, 15) is 0 Å². The third-order valence-corrected chi connectivity index (χ3v) is 5.14. The molecule has 1 saturated heterocycles. The SMILES string of the molecule is CCNCc1sc(C2CN(C)CCN2C)nc1C(C)C. The molecule has 114 valence electrons. The molecule has 0 radical (unpaired) electrons. The molecule has 1 aromatic rings. The third-order valence-electron chi connectivity index (χ3n) is 3.96. The molecule has 0 spiro atoms. The summed E-state index contributed by atoms with van der Waals surface area (Å²) in [6.07, 6.45) is 0. The van der Waals surface area contributed by atoms with Gasteiger partial charge in [-0.2, -0.15) is 0 Å². The minimum Gasteiger partial charge on any atom is -0.312 e. The molecule has 1 atom stereocenters. The average Bonchev–Trinajstić information content (AvgIpc) is 2.83. The predicted molar refractivity (Wildman–Crippen MR) is 86.5 cm³/mol. The summed E-state index contributed by atoms with van der Waals surface area (Å²) in [5.41, 5.74) is 1.28. The number of thiazole rings is 1. The highest BCUT2D eigenvalue weighted by Crippen LogP contribution is 2.32. The molecular weight excluding hydrogens is 268 g/mol. The molecule has 1 aromatic heterocycles. The first kappa shape index (κ1) is 15.9. The topological polar surface area (TPSA) is 31.4 Å². The molecular formula is C15H28N4S. The molecule has 4 nitrogen and oxygen atoms in total. The van der Waals surface area contributed by atoms with Crippen molar-refractivity contribution in [1.82, 2.24) is 20.1 Å². The smallest absolute Gasteiger partial charge is 0.112 e. The van der Waals surface area contributed by atoms with Crippen LogP contribution in [0, 0.1) is 0 Å². The Balaban J connectivity index is 2.22. The molecule has 0 saturated carbocycles. The molecule has 0 amide bonds. The van der Waals surface area contributed by atoms with Crippen LogP contribution in [-0.2, 0) is 6.54 Å². The van der Waals surface area contributed by atoms with Gasteiger partial charge in [0.1, 0.15) is 5.01 Å². The van der Waals surface area contributed by atoms with Gasteiger partial charge in [-0.1, -0.05) is 20.8 Å². The van der Waals surface area contributed by atoms with Crippen molar-refractivity contribution in [3.05, 3.63) is 15.6 Å². The van der Waals surface area contributed by atoms with E-state index in [0.717, 1.165) is 32.7 Å². The van der Waals surface area contributed by atoms with Crippen molar-refractivity contribution in [3.63, 3.8) is 0 Å². The highest BCUT2D eigenvalue weighted by atomic mass is 32.1. The Labute approximate surface area is 127 Å². The lowest BCUT2D eigenvalue weighted by atomic mass is 10.1. The average molecular weight is 296 g/mol. The maximum absolute atomic E-state index is 4.98. The molecule has 0 bridgehead atoms. The number of nitrogens with one attached hydrogen (secondary N) is 1. The molecule has 0 aromatic carbocycles. The van der Waals surface area contributed by atoms with Crippen molar-refractivity contribution in [2.75, 3.05) is 40.3 Å². The maximum atomic E-state index is 4.98. The zero-order valence-electron chi connectivity index (χ0n) is 13.4. The van der Waals surface area contributed by atoms with Crippen LogP contribution in [0.1, 0.15) is 48.3 Å². The van der Waals surface area contributed by atoms with Crippen LogP contribution < -0.4 is 5.32 Å². The summed E-state index contributed by atoms with van der Waals surface area (Å²) >= 11 is 1.90. The Morgan fingerprint density at radius 1 is 1.35 bits per heavy atom. The summed E-state index contributed by atoms with van der Waals surface area (Å²) in [7, 11) is 4.43. The molecule has 5 heteroatoms. The Kier molecular flexibility index (Phi) is 5.55. The van der Waals surface area contributed by atoms with Gasteiger partial charge in [0.25, 0.3) is 0 Å². The van der Waals surface area contributed by atoms with Crippen LogP contribution in [0.4, 0.5) is 0 Å². The van der Waals surface area contributed by atoms with Crippen LogP contribution in [0.2, 0.25) is 0 Å². The van der Waals surface area contributed by atoms with E-state index in [0.29, 0.717) is 12.0 Å². The lowest BCUT2D eigenvalue weighted by molar-refractivity contribution is 0.115. The largest absolute Gasteiger partial charge is 0.312 e. The number of rotatable bonds is 5. The minimum atomic E-state index is 0.451. The zero-order chi connectivity index (χ0) is 14.7. The van der Waals surface area contributed by atoms with Crippen LogP contribution in [0.15, 0.2) is 0 Å². The Morgan fingerprint density at radius 2 is 2.10 bits per heavy atom. The third kappa shape index (κ3) is 3.58. The summed E-state index contributed by atoms with van der Waals surface area (Å²) < 4.78 is 0. The number of hydrogen-bond acceptors (Lipinski definition) is 5. The van der Waals surface area contributed by atoms with Gasteiger partial charge in [0.15, 0.2) is 0 Å². The first-order valence-electron chi connectivity index (χ1n) is 7.61. The second-order valence-corrected chi connectivity index (χ2v) is 7.17. The van der Waals surface area contributed by atoms with Crippen molar-refractivity contribution < 1.29 is 0 Å². The number of nitrogens with zero attached hydrogens (tertiary/aromatic N) is 3. The van der Waals surface area contributed by atoms with Crippen LogP contribution in [0.5, 0.6) is 0 Å². The quantitative estimate of drug-likeness (QED) is 0.903. The first-order valence-corrected chi connectivity index (χ1v) is 8.43. The van der Waals surface area contributed by atoms with Crippen LogP contribution >= 0.6 is 11.3 Å². The van der Waals surface area contributed by atoms with E-state index in [1.54, 1.807) is 0 Å². The highest BCUT2D eigenvalue weighted by molar-refractivity contribution is 7.11. The normalized spacial score (nSPS) is 21.8. The fourth-order valence-electron chi connectivity index (χ4n) is 2.62. The second kappa shape index (κ2) is 6.98. The molecule has 1 unspecified atom stereocenters. The Morgan fingerprint density at radius 3 is 2.75 bits per heavy atom. The monoisotopic (exact) mass is 296 g/mol. The number of aromatic nitrogens is 1. The molecule has 1 fully saturated rings. The van der Waals surface area contributed by atoms with Crippen LogP contribution in [0.3, 0.4) is 0 Å². The van der Waals surface area contributed by atoms with E-state index in [-0.39, 0.29) is 0 Å². The van der Waals surface area contributed by atoms with Gasteiger partial charge in [-0.25, -0.2) is 4.98 Å². The summed E-state index contributed by atoms with van der Waals surface area (Å²) in [5.74, 6) is 0.500. The molecule has 1 aliphatic rings. The van der Waals surface area contributed by atoms with Gasteiger partial charge in [-0.3, -0.25) is 4.90 Å². The van der Waals surface area contributed by atoms with Crippen molar-refractivity contribution in [2.45, 2.75) is 39.3 Å². The van der Waals surface area contributed by atoms with E-state index in [1.807, 2.05) is 11.3 Å². The Bertz CT molecular complexity index is 430. The summed E-state index contributed by atoms with van der Waals surface area (Å²) in [6.45, 7) is 12.0. The van der Waals surface area contributed by atoms with Crippen LogP contribution in [0.25, 0.3) is 0 Å². The number of hydrogen-bond donors (Lipinski definition) is 1. The maximum Gasteiger partial charge on any atom is 0.112 e. The zero-order valence-corrected chi connectivity index (χ0v) is 14.3. The van der Waals surface area contributed by atoms with Gasteiger partial charge < -0.3 is 10.2 Å². The van der Waals surface area contributed by atoms with Crippen molar-refractivity contribution in [2.24, 2.45) is 0 Å². The lowest BCUT2D eigenvalue weighted by Gasteiger charge is -2.36. The Hall–Kier alpha value is -0.490. The molecule has 0 aliphatic carbocycles. The van der Waals surface area contributed by atoms with Gasteiger partial charge in [-0.15, -0.1) is 11.3 Å². The molecule has 1 N–H and O–H groups in total. The predicted octanol–water partition coefficient (Wildman–Crippen LogP) is 2.29. The second-order valence-electron chi connectivity index (χ2n) is 6.05. The lowest BCUT2D eigenvalue weighted by Crippen LogP contribution is -2.44. The number of piperazine rings is 1. The van der Waals surface area contributed by atoms with E-state index in [1.165, 1.54) is 15.6 Å². The highest BCUT2D eigenvalue weighted by Gasteiger charge is 2.27. The fourth-order valence-corrected chi connectivity index (χ4v) is 3.97.